The molecule has 0 spiro atoms. The number of para-hydroxylation sites is 1. The lowest BCUT2D eigenvalue weighted by molar-refractivity contribution is -0.139. The zero-order chi connectivity index (χ0) is 15.0. The number of aromatic nitrogens is 2. The predicted octanol–water partition coefficient (Wildman–Crippen LogP) is 2.18. The lowest BCUT2D eigenvalue weighted by atomic mass is 10.2. The first-order chi connectivity index (χ1) is 10.1. The van der Waals surface area contributed by atoms with Gasteiger partial charge in [0.05, 0.1) is 22.5 Å². The van der Waals surface area contributed by atoms with E-state index in [-0.39, 0.29) is 5.91 Å². The molecular formula is C14H12ClN3O3. The molecule has 2 unspecified atom stereocenters. The Morgan fingerprint density at radius 3 is 2.76 bits per heavy atom. The van der Waals surface area contributed by atoms with Crippen LogP contribution in [0.5, 0.6) is 0 Å². The summed E-state index contributed by atoms with van der Waals surface area (Å²) in [6.45, 7) is 0. The highest BCUT2D eigenvalue weighted by molar-refractivity contribution is 6.33. The van der Waals surface area contributed by atoms with Gasteiger partial charge in [0, 0.05) is 12.4 Å². The highest BCUT2D eigenvalue weighted by Crippen LogP contribution is 2.40. The third-order valence-electron chi connectivity index (χ3n) is 3.42. The second kappa shape index (κ2) is 5.21. The van der Waals surface area contributed by atoms with Crippen LogP contribution >= 0.6 is 11.6 Å². The quantitative estimate of drug-likeness (QED) is 0.907. The van der Waals surface area contributed by atoms with E-state index in [9.17, 15) is 9.59 Å². The Labute approximate surface area is 125 Å². The molecule has 0 saturated heterocycles. The summed E-state index contributed by atoms with van der Waals surface area (Å²) in [6.07, 6.45) is 3.70. The molecule has 1 aromatic carbocycles. The summed E-state index contributed by atoms with van der Waals surface area (Å²) in [5.41, 5.74) is 1.07. The molecule has 21 heavy (non-hydrogen) atoms. The van der Waals surface area contributed by atoms with Crippen LogP contribution in [-0.4, -0.2) is 26.8 Å². The van der Waals surface area contributed by atoms with Gasteiger partial charge < -0.3 is 10.4 Å². The fourth-order valence-electron chi connectivity index (χ4n) is 2.23. The molecule has 1 saturated carbocycles. The molecule has 1 aromatic heterocycles. The molecule has 0 aliphatic heterocycles. The maximum absolute atomic E-state index is 12.1. The number of hydrogen-bond donors (Lipinski definition) is 2. The number of nitrogens with zero attached hydrogens (tertiary/aromatic N) is 2. The molecule has 1 aliphatic carbocycles. The van der Waals surface area contributed by atoms with Crippen LogP contribution in [-0.2, 0) is 9.59 Å². The van der Waals surface area contributed by atoms with Crippen molar-refractivity contribution in [1.82, 2.24) is 9.78 Å². The van der Waals surface area contributed by atoms with Crippen molar-refractivity contribution in [2.75, 3.05) is 5.32 Å². The average Bonchev–Trinajstić information content (AvgIpc) is 3.08. The Morgan fingerprint density at radius 2 is 2.14 bits per heavy atom. The van der Waals surface area contributed by atoms with Crippen molar-refractivity contribution < 1.29 is 14.7 Å². The highest BCUT2D eigenvalue weighted by atomic mass is 35.5. The van der Waals surface area contributed by atoms with Crippen LogP contribution in [0.4, 0.5) is 5.69 Å². The smallest absolute Gasteiger partial charge is 0.307 e. The second-order valence-electron chi connectivity index (χ2n) is 4.86. The van der Waals surface area contributed by atoms with Gasteiger partial charge >= 0.3 is 5.97 Å². The van der Waals surface area contributed by atoms with Gasteiger partial charge in [-0.3, -0.25) is 9.59 Å². The van der Waals surface area contributed by atoms with Gasteiger partial charge in [-0.05, 0) is 24.6 Å². The second-order valence-corrected chi connectivity index (χ2v) is 5.27. The number of carbonyl (C=O) groups excluding carboxylic acids is 1. The summed E-state index contributed by atoms with van der Waals surface area (Å²) in [4.78, 5) is 22.9. The fourth-order valence-corrected chi connectivity index (χ4v) is 2.49. The summed E-state index contributed by atoms with van der Waals surface area (Å²) < 4.78 is 1.56. The van der Waals surface area contributed by atoms with Crippen LogP contribution in [0.2, 0.25) is 5.02 Å². The van der Waals surface area contributed by atoms with E-state index in [1.54, 1.807) is 41.3 Å². The summed E-state index contributed by atoms with van der Waals surface area (Å²) in [5, 5.41) is 16.2. The van der Waals surface area contributed by atoms with E-state index in [2.05, 4.69) is 10.4 Å². The van der Waals surface area contributed by atoms with E-state index >= 15 is 0 Å². The highest BCUT2D eigenvalue weighted by Gasteiger charge is 2.48. The molecule has 6 nitrogen and oxygen atoms in total. The lowest BCUT2D eigenvalue weighted by Crippen LogP contribution is -2.18. The average molecular weight is 306 g/mol. The number of carbonyl (C=O) groups is 2. The third kappa shape index (κ3) is 2.62. The Morgan fingerprint density at radius 1 is 1.33 bits per heavy atom. The number of aliphatic carboxylic acids is 1. The predicted molar refractivity (Wildman–Crippen MR) is 76.4 cm³/mol. The van der Waals surface area contributed by atoms with Gasteiger partial charge in [-0.25, -0.2) is 4.68 Å². The Balaban J connectivity index is 1.85. The molecule has 3 rings (SSSR count). The minimum absolute atomic E-state index is 0.307. The van der Waals surface area contributed by atoms with Crippen molar-refractivity contribution in [3.63, 3.8) is 0 Å². The minimum atomic E-state index is -0.937. The standard InChI is InChI=1S/C14H12ClN3O3/c15-10-3-1-4-11(12(10)18-6-2-5-16-18)17-13(19)8-7-9(8)14(20)21/h1-6,8-9H,7H2,(H,17,19)(H,20,21). The first-order valence-electron chi connectivity index (χ1n) is 6.40. The zero-order valence-electron chi connectivity index (χ0n) is 10.9. The monoisotopic (exact) mass is 305 g/mol. The first-order valence-corrected chi connectivity index (χ1v) is 6.78. The minimum Gasteiger partial charge on any atom is -0.481 e. The van der Waals surface area contributed by atoms with Crippen LogP contribution < -0.4 is 5.32 Å². The Kier molecular flexibility index (Phi) is 3.39. The maximum atomic E-state index is 12.1. The number of carboxylic acid groups (broad SMARTS) is 1. The van der Waals surface area contributed by atoms with Crippen LogP contribution in [0, 0.1) is 11.8 Å². The zero-order valence-corrected chi connectivity index (χ0v) is 11.6. The number of anilines is 1. The van der Waals surface area contributed by atoms with Gasteiger partial charge in [-0.2, -0.15) is 5.10 Å². The summed E-state index contributed by atoms with van der Waals surface area (Å²) in [5.74, 6) is -2.31. The number of halogens is 1. The van der Waals surface area contributed by atoms with Crippen molar-refractivity contribution in [2.24, 2.45) is 11.8 Å². The molecule has 2 N–H and O–H groups in total. The molecule has 1 aliphatic rings. The Hall–Kier alpha value is -2.34. The number of hydrogen-bond acceptors (Lipinski definition) is 3. The molecule has 2 atom stereocenters. The SMILES string of the molecule is O=C(O)C1CC1C(=O)Nc1cccc(Cl)c1-n1cccn1. The van der Waals surface area contributed by atoms with Gasteiger partial charge in [-0.15, -0.1) is 0 Å². The van der Waals surface area contributed by atoms with Crippen molar-refractivity contribution in [1.29, 1.82) is 0 Å². The van der Waals surface area contributed by atoms with E-state index in [4.69, 9.17) is 16.7 Å². The number of rotatable bonds is 4. The van der Waals surface area contributed by atoms with Crippen LogP contribution in [0.25, 0.3) is 5.69 Å². The summed E-state index contributed by atoms with van der Waals surface area (Å²) in [7, 11) is 0. The van der Waals surface area contributed by atoms with E-state index < -0.39 is 17.8 Å². The number of nitrogens with one attached hydrogen (secondary N) is 1. The van der Waals surface area contributed by atoms with Crippen LogP contribution in [0.3, 0.4) is 0 Å². The largest absolute Gasteiger partial charge is 0.481 e. The normalized spacial score (nSPS) is 20.0. The summed E-state index contributed by atoms with van der Waals surface area (Å²) >= 11 is 6.17. The number of amides is 1. The molecule has 1 heterocycles. The molecule has 0 bridgehead atoms. The van der Waals surface area contributed by atoms with E-state index in [0.717, 1.165) is 0 Å². The fraction of sp³-hybridized carbons (Fsp3) is 0.214. The topological polar surface area (TPSA) is 84.2 Å². The van der Waals surface area contributed by atoms with Crippen molar-refractivity contribution >= 4 is 29.2 Å². The van der Waals surface area contributed by atoms with E-state index in [0.29, 0.717) is 22.8 Å². The van der Waals surface area contributed by atoms with Crippen molar-refractivity contribution in [3.8, 4) is 5.69 Å². The number of carboxylic acids is 1. The molecule has 7 heteroatoms. The maximum Gasteiger partial charge on any atom is 0.307 e. The Bertz CT molecular complexity index is 699. The van der Waals surface area contributed by atoms with E-state index in [1.165, 1.54) is 0 Å². The van der Waals surface area contributed by atoms with Crippen LogP contribution in [0.1, 0.15) is 6.42 Å². The molecule has 1 amide bonds. The van der Waals surface area contributed by atoms with Crippen molar-refractivity contribution in [2.45, 2.75) is 6.42 Å². The van der Waals surface area contributed by atoms with Crippen molar-refractivity contribution in [3.05, 3.63) is 41.7 Å². The van der Waals surface area contributed by atoms with Gasteiger partial charge in [0.25, 0.3) is 0 Å². The van der Waals surface area contributed by atoms with Crippen LogP contribution in [0.15, 0.2) is 36.7 Å². The van der Waals surface area contributed by atoms with Gasteiger partial charge in [-0.1, -0.05) is 17.7 Å². The molecule has 0 radical (unpaired) electrons. The lowest BCUT2D eigenvalue weighted by Gasteiger charge is -2.12. The van der Waals surface area contributed by atoms with Gasteiger partial charge in [0.2, 0.25) is 5.91 Å². The first kappa shape index (κ1) is 13.6. The van der Waals surface area contributed by atoms with Gasteiger partial charge in [0.1, 0.15) is 5.69 Å². The molecule has 108 valence electrons. The molecule has 2 aromatic rings. The summed E-state index contributed by atoms with van der Waals surface area (Å²) in [6, 6.07) is 6.87. The third-order valence-corrected chi connectivity index (χ3v) is 3.73. The molecule has 1 fully saturated rings. The van der Waals surface area contributed by atoms with E-state index in [1.807, 2.05) is 0 Å². The number of benzene rings is 1. The van der Waals surface area contributed by atoms with Gasteiger partial charge in [0.15, 0.2) is 0 Å². The molecular weight excluding hydrogens is 294 g/mol.